The Morgan fingerprint density at radius 3 is 1.20 bits per heavy atom. The first-order valence-electron chi connectivity index (χ1n) is 0.655. The van der Waals surface area contributed by atoms with Crippen molar-refractivity contribution in [3.63, 3.8) is 0 Å². The number of hydrogen-bond donors (Lipinski definition) is 0. The fourth-order valence-electron chi connectivity index (χ4n) is 0. The molecule has 0 saturated heterocycles. The van der Waals surface area contributed by atoms with Crippen LogP contribution in [-0.2, 0) is 0 Å². The molecule has 0 heterocycles. The molecule has 0 fully saturated rings. The molecule has 0 rings (SSSR count). The van der Waals surface area contributed by atoms with E-state index >= 15 is 0 Å². The minimum absolute atomic E-state index is 0. The van der Waals surface area contributed by atoms with E-state index in [2.05, 4.69) is 0 Å². The Hall–Kier alpha value is 2.74. The number of hydrogen-bond acceptors (Lipinski definition) is 0. The quantitative estimate of drug-likeness (QED) is 0.471. The van der Waals surface area contributed by atoms with Crippen molar-refractivity contribution in [3.8, 4) is 0 Å². The molecule has 0 nitrogen and oxygen atoms in total. The topological polar surface area (TPSA) is 0 Å². The summed E-state index contributed by atoms with van der Waals surface area (Å²) in [5.74, 6) is 0. The Morgan fingerprint density at radius 1 is 1.20 bits per heavy atom. The minimum Gasteiger partial charge on any atom is -1.00 e. The van der Waals surface area contributed by atoms with Gasteiger partial charge in [0, 0.05) is 0 Å². The van der Waals surface area contributed by atoms with Gasteiger partial charge < -0.3 is 1.43 Å². The van der Waals surface area contributed by atoms with E-state index in [9.17, 15) is 0 Å². The second-order valence-electron chi connectivity index (χ2n) is 0.247. The summed E-state index contributed by atoms with van der Waals surface area (Å²) in [6.07, 6.45) is 0. The largest absolute Gasteiger partial charge is 1.00 e. The minimum atomic E-state index is -2.22. The summed E-state index contributed by atoms with van der Waals surface area (Å²) in [6, 6.07) is 0. The van der Waals surface area contributed by atoms with Crippen LogP contribution < -0.4 is 29.6 Å². The number of rotatable bonds is 0. The van der Waals surface area contributed by atoms with Gasteiger partial charge in [-0.3, -0.25) is 0 Å². The molecular formula is HCl3InNa. The first-order valence-corrected chi connectivity index (χ1v) is 13.2. The molecule has 5 heteroatoms. The van der Waals surface area contributed by atoms with Gasteiger partial charge in [-0.15, -0.1) is 0 Å². The standard InChI is InChI=1S/3ClH.In.Na.H/h3*1H;;;/q;;;+3;+1;-1/p-3. The van der Waals surface area contributed by atoms with Gasteiger partial charge in [-0.2, -0.15) is 0 Å². The molecule has 0 aromatic carbocycles. The van der Waals surface area contributed by atoms with Crippen LogP contribution in [0.25, 0.3) is 0 Å². The predicted molar refractivity (Wildman–Crippen MR) is 24.4 cm³/mol. The van der Waals surface area contributed by atoms with Crippen molar-refractivity contribution in [2.75, 3.05) is 0 Å². The van der Waals surface area contributed by atoms with Gasteiger partial charge in [-0.05, 0) is 0 Å². The SMILES string of the molecule is [Cl][In]([Cl])[Cl].[H-].[Na+]. The zero-order chi connectivity index (χ0) is 3.58. The average molecular weight is 245 g/mol. The van der Waals surface area contributed by atoms with E-state index in [0.29, 0.717) is 0 Å². The third-order valence-electron chi connectivity index (χ3n) is 0. The van der Waals surface area contributed by atoms with E-state index in [1.54, 1.807) is 0 Å². The fraction of sp³-hybridized carbons (Fsp3) is 0. The maximum absolute atomic E-state index is 5.02. The van der Waals surface area contributed by atoms with Crippen LogP contribution in [0.4, 0.5) is 0 Å². The summed E-state index contributed by atoms with van der Waals surface area (Å²) < 4.78 is 0. The van der Waals surface area contributed by atoms with E-state index in [1.165, 1.54) is 0 Å². The van der Waals surface area contributed by atoms with E-state index in [0.717, 1.165) is 0 Å². The monoisotopic (exact) mass is 244 g/mol. The third-order valence-corrected chi connectivity index (χ3v) is 0. The summed E-state index contributed by atoms with van der Waals surface area (Å²) >= 11 is -2.22. The van der Waals surface area contributed by atoms with E-state index in [4.69, 9.17) is 25.7 Å². The maximum atomic E-state index is 5.02. The molecule has 0 spiro atoms. The Bertz CT molecular complexity index is 15.5. The normalized spacial score (nSPS) is 5.40. The Kier molecular flexibility index (Phi) is 14.4. The third kappa shape index (κ3) is 20.2. The molecule has 0 unspecified atom stereocenters. The first kappa shape index (κ1) is 10.7. The second kappa shape index (κ2) is 6.74. The van der Waals surface area contributed by atoms with E-state index in [1.807, 2.05) is 0 Å². The molecular weight excluding hydrogens is 244 g/mol. The van der Waals surface area contributed by atoms with E-state index in [-0.39, 0.29) is 31.0 Å². The molecule has 26 valence electrons. The average Bonchev–Trinajstić information content (AvgIpc) is 0.811. The van der Waals surface area contributed by atoms with Crippen molar-refractivity contribution in [2.45, 2.75) is 0 Å². The summed E-state index contributed by atoms with van der Waals surface area (Å²) in [4.78, 5) is 0. The van der Waals surface area contributed by atoms with Gasteiger partial charge in [-0.25, -0.2) is 0 Å². The number of halogens is 3. The predicted octanol–water partition coefficient (Wildman–Crippen LogP) is -1.20. The van der Waals surface area contributed by atoms with Crippen LogP contribution in [-0.4, -0.2) is 17.9 Å². The van der Waals surface area contributed by atoms with Crippen LogP contribution in [0.1, 0.15) is 1.43 Å². The van der Waals surface area contributed by atoms with E-state index < -0.39 is 17.9 Å². The zero-order valence-electron chi connectivity index (χ0n) is 3.71. The van der Waals surface area contributed by atoms with Crippen LogP contribution >= 0.6 is 25.7 Å². The maximum Gasteiger partial charge on any atom is 1.00 e. The van der Waals surface area contributed by atoms with Gasteiger partial charge in [0.2, 0.25) is 0 Å². The summed E-state index contributed by atoms with van der Waals surface area (Å²) in [5, 5.41) is 0. The zero-order valence-corrected chi connectivity index (χ0v) is 10.3. The molecule has 0 N–H and O–H groups in total. The van der Waals surface area contributed by atoms with Gasteiger partial charge in [0.1, 0.15) is 0 Å². The molecule has 0 aliphatic carbocycles. The van der Waals surface area contributed by atoms with Crippen molar-refractivity contribution < 1.29 is 31.0 Å². The second-order valence-corrected chi connectivity index (χ2v) is 14.9. The molecule has 0 amide bonds. The van der Waals surface area contributed by atoms with Crippen molar-refractivity contribution in [3.05, 3.63) is 0 Å². The molecule has 0 aliphatic rings. The van der Waals surface area contributed by atoms with Crippen molar-refractivity contribution in [2.24, 2.45) is 0 Å². The molecule has 0 aromatic rings. The Balaban J connectivity index is -0.0000000450. The summed E-state index contributed by atoms with van der Waals surface area (Å²) in [6.45, 7) is 0. The van der Waals surface area contributed by atoms with Crippen LogP contribution in [0.2, 0.25) is 0 Å². The molecule has 0 radical (unpaired) electrons. The molecule has 0 saturated carbocycles. The molecule has 5 heavy (non-hydrogen) atoms. The molecule has 0 aliphatic heterocycles. The van der Waals surface area contributed by atoms with Gasteiger partial charge in [0.15, 0.2) is 0 Å². The Labute approximate surface area is 73.2 Å². The smallest absolute Gasteiger partial charge is 1.00 e. The van der Waals surface area contributed by atoms with Gasteiger partial charge in [0.05, 0.1) is 0 Å². The van der Waals surface area contributed by atoms with Crippen LogP contribution in [0.3, 0.4) is 0 Å². The molecule has 0 bridgehead atoms. The van der Waals surface area contributed by atoms with Crippen LogP contribution in [0, 0.1) is 0 Å². The van der Waals surface area contributed by atoms with Crippen molar-refractivity contribution in [1.29, 1.82) is 0 Å². The van der Waals surface area contributed by atoms with Gasteiger partial charge >= 0.3 is 73.2 Å². The molecule has 0 atom stereocenters. The van der Waals surface area contributed by atoms with Gasteiger partial charge in [0.25, 0.3) is 0 Å². The van der Waals surface area contributed by atoms with Crippen molar-refractivity contribution >= 4 is 43.6 Å². The summed E-state index contributed by atoms with van der Waals surface area (Å²) in [5.41, 5.74) is 0. The molecule has 0 aromatic heterocycles. The fourth-order valence-corrected chi connectivity index (χ4v) is 0. The van der Waals surface area contributed by atoms with Crippen LogP contribution in [0.15, 0.2) is 0 Å². The van der Waals surface area contributed by atoms with Crippen molar-refractivity contribution in [1.82, 2.24) is 0 Å². The Morgan fingerprint density at radius 2 is 1.20 bits per heavy atom. The van der Waals surface area contributed by atoms with Crippen LogP contribution in [0.5, 0.6) is 0 Å². The van der Waals surface area contributed by atoms with Gasteiger partial charge in [-0.1, -0.05) is 0 Å². The summed E-state index contributed by atoms with van der Waals surface area (Å²) in [7, 11) is 15.0. The first-order chi connectivity index (χ1) is 1.73.